The van der Waals surface area contributed by atoms with Crippen molar-refractivity contribution in [2.45, 2.75) is 18.1 Å². The third-order valence-corrected chi connectivity index (χ3v) is 1.95. The van der Waals surface area contributed by atoms with Gasteiger partial charge in [0.25, 0.3) is 0 Å². The zero-order valence-corrected chi connectivity index (χ0v) is 10.3. The van der Waals surface area contributed by atoms with Crippen LogP contribution in [0.4, 0.5) is 13.2 Å². The third-order valence-electron chi connectivity index (χ3n) is 1.95. The van der Waals surface area contributed by atoms with Gasteiger partial charge < -0.3 is 15.4 Å². The number of amides is 3. The van der Waals surface area contributed by atoms with E-state index in [-0.39, 0.29) is 4.81 Å². The van der Waals surface area contributed by atoms with Crippen LogP contribution in [0.25, 0.3) is 0 Å². The summed E-state index contributed by atoms with van der Waals surface area (Å²) >= 11 is 0. The van der Waals surface area contributed by atoms with Crippen LogP contribution in [-0.4, -0.2) is 70.8 Å². The Morgan fingerprint density at radius 2 is 1.81 bits per heavy atom. The number of halogens is 3. The molecule has 0 saturated heterocycles. The van der Waals surface area contributed by atoms with Gasteiger partial charge in [-0.05, 0) is 0 Å². The molecule has 0 spiro atoms. The maximum absolute atomic E-state index is 11.9. The minimum Gasteiger partial charge on any atom is -0.392 e. The maximum Gasteiger partial charge on any atom is 0.471 e. The van der Waals surface area contributed by atoms with Gasteiger partial charge in [-0.25, -0.2) is 0 Å². The van der Waals surface area contributed by atoms with Crippen molar-refractivity contribution in [2.24, 2.45) is 0 Å². The fourth-order valence-corrected chi connectivity index (χ4v) is 0.900. The molecular formula is C8H6B3F3N4O3. The van der Waals surface area contributed by atoms with E-state index in [4.69, 9.17) is 28.9 Å². The lowest BCUT2D eigenvalue weighted by molar-refractivity contribution is -0.173. The van der Waals surface area contributed by atoms with Gasteiger partial charge in [-0.1, -0.05) is 0 Å². The fraction of sp³-hybridized carbons (Fsp3) is 0.500. The quantitative estimate of drug-likeness (QED) is 0.535. The second-order valence-electron chi connectivity index (χ2n) is 3.54. The molecule has 0 heterocycles. The van der Waals surface area contributed by atoms with Gasteiger partial charge in [-0.3, -0.25) is 14.4 Å². The minimum absolute atomic E-state index is 0.0933. The van der Waals surface area contributed by atoms with Crippen molar-refractivity contribution < 1.29 is 27.6 Å². The molecule has 0 saturated carbocycles. The zero-order valence-electron chi connectivity index (χ0n) is 10.3. The van der Waals surface area contributed by atoms with Crippen molar-refractivity contribution >= 4 is 41.4 Å². The van der Waals surface area contributed by atoms with Crippen molar-refractivity contribution in [3.8, 4) is 6.07 Å². The molecule has 0 fully saturated rings. The monoisotopic (exact) mass is 296 g/mol. The van der Waals surface area contributed by atoms with Gasteiger partial charge in [0.15, 0.2) is 0 Å². The van der Waals surface area contributed by atoms with Crippen LogP contribution in [0.15, 0.2) is 0 Å². The van der Waals surface area contributed by atoms with Crippen LogP contribution in [0.1, 0.15) is 0 Å². The number of nitrogens with zero attached hydrogens (tertiary/aromatic N) is 2. The third kappa shape index (κ3) is 6.24. The molecular weight excluding hydrogens is 290 g/mol. The average molecular weight is 296 g/mol. The van der Waals surface area contributed by atoms with Crippen LogP contribution in [0.3, 0.4) is 0 Å². The lowest BCUT2D eigenvalue weighted by atomic mass is 9.89. The van der Waals surface area contributed by atoms with Gasteiger partial charge >= 0.3 is 12.1 Å². The fourth-order valence-electron chi connectivity index (χ4n) is 0.900. The normalized spacial score (nSPS) is 13.4. The second-order valence-corrected chi connectivity index (χ2v) is 3.54. The summed E-state index contributed by atoms with van der Waals surface area (Å²) in [6, 6.07) is 1.44. The van der Waals surface area contributed by atoms with E-state index in [1.165, 1.54) is 11.4 Å². The summed E-state index contributed by atoms with van der Waals surface area (Å²) < 4.78 is 35.6. The first-order chi connectivity index (χ1) is 9.50. The van der Waals surface area contributed by atoms with Gasteiger partial charge in [0.05, 0.1) is 24.5 Å². The van der Waals surface area contributed by atoms with Crippen LogP contribution < -0.4 is 10.6 Å². The molecule has 0 aromatic carbocycles. The highest BCUT2D eigenvalue weighted by atomic mass is 19.4. The van der Waals surface area contributed by atoms with Crippen LogP contribution in [0.5, 0.6) is 0 Å². The van der Waals surface area contributed by atoms with Gasteiger partial charge in [-0.15, -0.1) is 0 Å². The van der Waals surface area contributed by atoms with E-state index < -0.39 is 42.3 Å². The predicted octanol–water partition coefficient (Wildman–Crippen LogP) is -2.79. The Morgan fingerprint density at radius 1 is 1.29 bits per heavy atom. The molecule has 0 bridgehead atoms. The van der Waals surface area contributed by atoms with E-state index in [0.717, 1.165) is 0 Å². The number of nitriles is 1. The highest BCUT2D eigenvalue weighted by Gasteiger charge is 2.38. The zero-order chi connectivity index (χ0) is 16.8. The summed E-state index contributed by atoms with van der Waals surface area (Å²) in [5.74, 6) is -7.94. The Morgan fingerprint density at radius 3 is 2.24 bits per heavy atom. The Balaban J connectivity index is 4.48. The van der Waals surface area contributed by atoms with Gasteiger partial charge in [0.1, 0.15) is 15.7 Å². The Bertz CT molecular complexity index is 468. The SMILES string of the molecule is [B]C(C#N)NC(=O)C([B])N([B])C(=O)CNC(=O)C(F)(F)F. The molecule has 106 valence electrons. The van der Waals surface area contributed by atoms with Crippen LogP contribution in [-0.2, 0) is 14.4 Å². The standard InChI is InChI=1S/C8H6B3F3N4O3/c9-3(1-15)17-6(20)5(10)18(11)4(19)2-16-7(21)8(12,13)14/h3,5H,2H2,(H,16,21)(H,17,20). The number of alkyl halides is 3. The van der Waals surface area contributed by atoms with Crippen molar-refractivity contribution in [3.05, 3.63) is 0 Å². The number of carbonyl (C=O) groups is 3. The molecule has 13 heteroatoms. The summed E-state index contributed by atoms with van der Waals surface area (Å²) in [7, 11) is 15.4. The number of carbonyl (C=O) groups excluding carboxylic acids is 3. The summed E-state index contributed by atoms with van der Waals surface area (Å²) in [5.41, 5.74) is 0. The topological polar surface area (TPSA) is 102 Å². The lowest BCUT2D eigenvalue weighted by Gasteiger charge is -2.26. The van der Waals surface area contributed by atoms with E-state index in [1.807, 2.05) is 5.32 Å². The second kappa shape index (κ2) is 7.61. The molecule has 2 unspecified atom stereocenters. The van der Waals surface area contributed by atoms with Gasteiger partial charge in [0, 0.05) is 0 Å². The summed E-state index contributed by atoms with van der Waals surface area (Å²) in [6.45, 7) is -1.12. The molecule has 7 nitrogen and oxygen atoms in total. The Hall–Kier alpha value is -2.12. The smallest absolute Gasteiger partial charge is 0.392 e. The molecule has 0 aromatic heterocycles. The number of nitrogens with one attached hydrogen (secondary N) is 2. The molecule has 0 aliphatic carbocycles. The molecule has 2 N–H and O–H groups in total. The van der Waals surface area contributed by atoms with Crippen LogP contribution in [0.2, 0.25) is 0 Å². The molecule has 0 aliphatic rings. The predicted molar refractivity (Wildman–Crippen MR) is 64.5 cm³/mol. The van der Waals surface area contributed by atoms with Crippen molar-refractivity contribution in [1.82, 2.24) is 15.4 Å². The number of rotatable bonds is 5. The highest BCUT2D eigenvalue weighted by Crippen LogP contribution is 2.13. The summed E-state index contributed by atoms with van der Waals surface area (Å²) in [6.07, 6.45) is -5.17. The molecule has 3 amide bonds. The van der Waals surface area contributed by atoms with E-state index in [9.17, 15) is 27.6 Å². The van der Waals surface area contributed by atoms with Crippen molar-refractivity contribution in [3.63, 3.8) is 0 Å². The molecule has 6 radical (unpaired) electrons. The Labute approximate surface area is 121 Å². The van der Waals surface area contributed by atoms with E-state index in [0.29, 0.717) is 0 Å². The molecule has 21 heavy (non-hydrogen) atoms. The van der Waals surface area contributed by atoms with Crippen LogP contribution in [0, 0.1) is 11.3 Å². The van der Waals surface area contributed by atoms with E-state index in [1.54, 1.807) is 0 Å². The highest BCUT2D eigenvalue weighted by molar-refractivity contribution is 6.31. The lowest BCUT2D eigenvalue weighted by Crippen LogP contribution is -2.53. The molecule has 0 rings (SSSR count). The summed E-state index contributed by atoms with van der Waals surface area (Å²) in [4.78, 5) is 33.2. The van der Waals surface area contributed by atoms with E-state index >= 15 is 0 Å². The van der Waals surface area contributed by atoms with E-state index in [2.05, 4.69) is 0 Å². The Kier molecular flexibility index (Phi) is 6.84. The number of hydrogen-bond acceptors (Lipinski definition) is 4. The first kappa shape index (κ1) is 18.9. The molecule has 0 aromatic rings. The maximum atomic E-state index is 11.9. The minimum atomic E-state index is -5.17. The summed E-state index contributed by atoms with van der Waals surface area (Å²) in [5, 5.41) is 11.5. The van der Waals surface area contributed by atoms with Crippen molar-refractivity contribution in [2.75, 3.05) is 6.54 Å². The van der Waals surface area contributed by atoms with Gasteiger partial charge in [0.2, 0.25) is 19.8 Å². The van der Waals surface area contributed by atoms with Gasteiger partial charge in [-0.2, -0.15) is 18.4 Å². The van der Waals surface area contributed by atoms with Crippen molar-refractivity contribution in [1.29, 1.82) is 5.26 Å². The van der Waals surface area contributed by atoms with Crippen LogP contribution >= 0.6 is 0 Å². The first-order valence-electron chi connectivity index (χ1n) is 5.13. The molecule has 0 aliphatic heterocycles. The number of hydrogen-bond donors (Lipinski definition) is 2. The molecule has 2 atom stereocenters. The first-order valence-corrected chi connectivity index (χ1v) is 5.13. The average Bonchev–Trinajstić information content (AvgIpc) is 2.40. The largest absolute Gasteiger partial charge is 0.471 e.